The number of aliphatic carboxylic acids is 1. The lowest BCUT2D eigenvalue weighted by molar-refractivity contribution is -0.143. The maximum atomic E-state index is 11.1. The van der Waals surface area contributed by atoms with Crippen LogP contribution < -0.4 is 4.74 Å². The predicted molar refractivity (Wildman–Crippen MR) is 107 cm³/mol. The molecule has 4 nitrogen and oxygen atoms in total. The molecule has 2 aliphatic rings. The van der Waals surface area contributed by atoms with Crippen LogP contribution in [0.2, 0.25) is 0 Å². The van der Waals surface area contributed by atoms with Gasteiger partial charge in [-0.2, -0.15) is 0 Å². The Morgan fingerprint density at radius 3 is 2.52 bits per heavy atom. The van der Waals surface area contributed by atoms with Crippen LogP contribution in [0.25, 0.3) is 10.8 Å². The molecule has 0 radical (unpaired) electrons. The first-order valence-corrected chi connectivity index (χ1v) is 10.2. The first kappa shape index (κ1) is 18.3. The third kappa shape index (κ3) is 4.27. The van der Waals surface area contributed by atoms with E-state index in [9.17, 15) is 4.79 Å². The van der Waals surface area contributed by atoms with Crippen LogP contribution in [0.1, 0.15) is 44.6 Å². The summed E-state index contributed by atoms with van der Waals surface area (Å²) < 4.78 is 6.22. The molecule has 1 saturated heterocycles. The van der Waals surface area contributed by atoms with E-state index in [4.69, 9.17) is 9.84 Å². The number of carboxylic acids is 1. The Morgan fingerprint density at radius 1 is 1.07 bits per heavy atom. The minimum atomic E-state index is -0.648. The molecule has 2 atom stereocenters. The lowest BCUT2D eigenvalue weighted by Crippen LogP contribution is -2.35. The van der Waals surface area contributed by atoms with E-state index in [1.165, 1.54) is 29.2 Å². The Labute approximate surface area is 161 Å². The third-order valence-electron chi connectivity index (χ3n) is 6.29. The van der Waals surface area contributed by atoms with Crippen molar-refractivity contribution in [1.29, 1.82) is 0 Å². The summed E-state index contributed by atoms with van der Waals surface area (Å²) in [6, 6.07) is 13.0. The second-order valence-electron chi connectivity index (χ2n) is 8.30. The smallest absolute Gasteiger partial charge is 0.306 e. The Balaban J connectivity index is 1.40. The van der Waals surface area contributed by atoms with Crippen molar-refractivity contribution in [2.45, 2.75) is 51.7 Å². The molecule has 1 heterocycles. The number of fused-ring (bicyclic) bond motifs is 1. The average molecular weight is 367 g/mol. The highest BCUT2D eigenvalue weighted by atomic mass is 16.5. The molecule has 4 rings (SSSR count). The van der Waals surface area contributed by atoms with E-state index in [0.29, 0.717) is 12.0 Å². The summed E-state index contributed by atoms with van der Waals surface area (Å²) >= 11 is 0. The van der Waals surface area contributed by atoms with Gasteiger partial charge in [0.1, 0.15) is 11.9 Å². The van der Waals surface area contributed by atoms with E-state index < -0.39 is 5.97 Å². The topological polar surface area (TPSA) is 49.8 Å². The van der Waals surface area contributed by atoms with Crippen LogP contribution in [0.5, 0.6) is 5.75 Å². The molecule has 4 heteroatoms. The second kappa shape index (κ2) is 7.89. The van der Waals surface area contributed by atoms with Crippen LogP contribution in [0.4, 0.5) is 0 Å². The van der Waals surface area contributed by atoms with Crippen molar-refractivity contribution in [3.05, 3.63) is 42.0 Å². The van der Waals surface area contributed by atoms with Gasteiger partial charge in [0, 0.05) is 6.54 Å². The molecular formula is C23H29NO3. The predicted octanol–water partition coefficient (Wildman–Crippen LogP) is 4.70. The van der Waals surface area contributed by atoms with Crippen molar-refractivity contribution in [2.24, 2.45) is 11.8 Å². The summed E-state index contributed by atoms with van der Waals surface area (Å²) in [7, 11) is 0. The number of hydrogen-bond donors (Lipinski definition) is 1. The summed E-state index contributed by atoms with van der Waals surface area (Å²) in [5.41, 5.74) is 1.29. The largest absolute Gasteiger partial charge is 0.490 e. The lowest BCUT2D eigenvalue weighted by Gasteiger charge is -2.30. The molecule has 0 bridgehead atoms. The monoisotopic (exact) mass is 367 g/mol. The number of ether oxygens (including phenoxy) is 1. The molecule has 0 aromatic heterocycles. The van der Waals surface area contributed by atoms with Crippen LogP contribution in [0, 0.1) is 11.8 Å². The summed E-state index contributed by atoms with van der Waals surface area (Å²) in [6.45, 7) is 4.90. The van der Waals surface area contributed by atoms with Gasteiger partial charge < -0.3 is 9.84 Å². The van der Waals surface area contributed by atoms with Gasteiger partial charge in [-0.25, -0.2) is 0 Å². The molecule has 2 fully saturated rings. The molecule has 1 saturated carbocycles. The van der Waals surface area contributed by atoms with Gasteiger partial charge in [-0.3, -0.25) is 9.69 Å². The minimum Gasteiger partial charge on any atom is -0.490 e. The van der Waals surface area contributed by atoms with E-state index in [1.54, 1.807) is 0 Å². The zero-order chi connectivity index (χ0) is 18.8. The minimum absolute atomic E-state index is 0.168. The summed E-state index contributed by atoms with van der Waals surface area (Å²) in [5, 5.41) is 11.6. The van der Waals surface area contributed by atoms with E-state index >= 15 is 0 Å². The summed E-state index contributed by atoms with van der Waals surface area (Å²) in [4.78, 5) is 13.5. The van der Waals surface area contributed by atoms with Crippen LogP contribution in [-0.4, -0.2) is 35.2 Å². The highest BCUT2D eigenvalue weighted by molar-refractivity contribution is 5.84. The number of benzene rings is 2. The van der Waals surface area contributed by atoms with Crippen molar-refractivity contribution in [1.82, 2.24) is 4.90 Å². The van der Waals surface area contributed by atoms with Gasteiger partial charge in [-0.1, -0.05) is 25.1 Å². The van der Waals surface area contributed by atoms with Gasteiger partial charge in [0.2, 0.25) is 0 Å². The van der Waals surface area contributed by atoms with Gasteiger partial charge in [-0.15, -0.1) is 0 Å². The first-order chi connectivity index (χ1) is 13.1. The fourth-order valence-electron chi connectivity index (χ4n) is 4.50. The maximum absolute atomic E-state index is 11.1. The molecule has 0 unspecified atom stereocenters. The van der Waals surface area contributed by atoms with Crippen molar-refractivity contribution in [2.75, 3.05) is 13.1 Å². The number of rotatable bonds is 5. The highest BCUT2D eigenvalue weighted by Gasteiger charge is 2.25. The summed E-state index contributed by atoms with van der Waals surface area (Å²) in [6.07, 6.45) is 5.57. The number of likely N-dealkylation sites (tertiary alicyclic amines) is 1. The zero-order valence-electron chi connectivity index (χ0n) is 16.1. The Bertz CT molecular complexity index is 810. The van der Waals surface area contributed by atoms with Crippen LogP contribution in [0.15, 0.2) is 36.4 Å². The summed E-state index contributed by atoms with van der Waals surface area (Å²) in [5.74, 6) is 0.808. The molecule has 0 spiro atoms. The molecule has 27 heavy (non-hydrogen) atoms. The van der Waals surface area contributed by atoms with Crippen LogP contribution >= 0.6 is 0 Å². The number of piperidine rings is 1. The van der Waals surface area contributed by atoms with E-state index in [0.717, 1.165) is 44.6 Å². The highest BCUT2D eigenvalue weighted by Crippen LogP contribution is 2.31. The van der Waals surface area contributed by atoms with Crippen molar-refractivity contribution in [3.63, 3.8) is 0 Å². The van der Waals surface area contributed by atoms with E-state index in [1.807, 2.05) is 0 Å². The lowest BCUT2D eigenvalue weighted by atomic mass is 9.96. The van der Waals surface area contributed by atoms with Gasteiger partial charge in [0.15, 0.2) is 0 Å². The molecule has 1 aliphatic heterocycles. The molecular weight excluding hydrogens is 338 g/mol. The second-order valence-corrected chi connectivity index (χ2v) is 8.30. The molecule has 0 amide bonds. The van der Waals surface area contributed by atoms with Crippen LogP contribution in [0.3, 0.4) is 0 Å². The molecule has 1 N–H and O–H groups in total. The van der Waals surface area contributed by atoms with Crippen molar-refractivity contribution in [3.8, 4) is 5.75 Å². The van der Waals surface area contributed by atoms with Gasteiger partial charge in [0.25, 0.3) is 0 Å². The number of nitrogens with zero attached hydrogens (tertiary/aromatic N) is 1. The van der Waals surface area contributed by atoms with Gasteiger partial charge >= 0.3 is 5.97 Å². The molecule has 1 aliphatic carbocycles. The van der Waals surface area contributed by atoms with Gasteiger partial charge in [0.05, 0.1) is 5.92 Å². The molecule has 2 aromatic rings. The molecule has 144 valence electrons. The van der Waals surface area contributed by atoms with Gasteiger partial charge in [-0.05, 0) is 85.6 Å². The zero-order valence-corrected chi connectivity index (χ0v) is 16.1. The fraction of sp³-hybridized carbons (Fsp3) is 0.522. The van der Waals surface area contributed by atoms with Crippen molar-refractivity contribution < 1.29 is 14.6 Å². The fourth-order valence-corrected chi connectivity index (χ4v) is 4.50. The normalized spacial score (nSPS) is 24.3. The Kier molecular flexibility index (Phi) is 5.35. The number of carboxylic acid groups (broad SMARTS) is 1. The number of carbonyl (C=O) groups is 1. The van der Waals surface area contributed by atoms with Crippen LogP contribution in [-0.2, 0) is 11.3 Å². The van der Waals surface area contributed by atoms with Crippen molar-refractivity contribution >= 4 is 16.7 Å². The van der Waals surface area contributed by atoms with E-state index in [-0.39, 0.29) is 5.92 Å². The standard InChI is InChI=1S/C23H29NO3/c1-16-3-2-4-22(16)27-21-8-7-19-13-17(5-6-20(19)14-21)15-24-11-9-18(10-12-24)23(25)26/h5-8,13-14,16,18,22H,2-4,9-12,15H2,1H3,(H,25,26)/t16-,22-/m0/s1. The first-order valence-electron chi connectivity index (χ1n) is 10.2. The Hall–Kier alpha value is -2.07. The average Bonchev–Trinajstić information content (AvgIpc) is 3.07. The third-order valence-corrected chi connectivity index (χ3v) is 6.29. The quantitative estimate of drug-likeness (QED) is 0.832. The SMILES string of the molecule is C[C@H]1CCC[C@@H]1Oc1ccc2cc(CN3CCC(C(=O)O)CC3)ccc2c1. The Morgan fingerprint density at radius 2 is 1.81 bits per heavy atom. The number of hydrogen-bond acceptors (Lipinski definition) is 3. The maximum Gasteiger partial charge on any atom is 0.306 e. The van der Waals surface area contributed by atoms with E-state index in [2.05, 4.69) is 48.2 Å². The molecule has 2 aromatic carbocycles.